The first-order valence-corrected chi connectivity index (χ1v) is 10.1. The van der Waals surface area contributed by atoms with E-state index >= 15 is 0 Å². The van der Waals surface area contributed by atoms with Crippen LogP contribution in [0.1, 0.15) is 28.7 Å². The number of carbonyl (C=O) groups excluding carboxylic acids is 1. The fourth-order valence-electron chi connectivity index (χ4n) is 3.05. The summed E-state index contributed by atoms with van der Waals surface area (Å²) in [7, 11) is 0. The number of hydrogen-bond acceptors (Lipinski definition) is 6. The van der Waals surface area contributed by atoms with Gasteiger partial charge >= 0.3 is 5.97 Å². The average molecular weight is 405 g/mol. The van der Waals surface area contributed by atoms with Crippen LogP contribution in [0, 0.1) is 6.92 Å². The maximum atomic E-state index is 12.9. The first kappa shape index (κ1) is 19.0. The Kier molecular flexibility index (Phi) is 5.22. The highest BCUT2D eigenvalue weighted by atomic mass is 32.1. The van der Waals surface area contributed by atoms with Gasteiger partial charge in [0.2, 0.25) is 0 Å². The van der Waals surface area contributed by atoms with Crippen LogP contribution in [0.25, 0.3) is 21.3 Å². The minimum atomic E-state index is -0.545. The molecule has 2 aromatic carbocycles. The maximum Gasteiger partial charge on any atom is 0.359 e. The molecule has 7 heteroatoms. The van der Waals surface area contributed by atoms with Crippen LogP contribution in [0.4, 0.5) is 0 Å². The molecule has 0 aliphatic heterocycles. The van der Waals surface area contributed by atoms with Crippen LogP contribution in [-0.4, -0.2) is 27.3 Å². The first-order valence-electron chi connectivity index (χ1n) is 9.25. The van der Waals surface area contributed by atoms with E-state index < -0.39 is 5.97 Å². The number of aromatic nitrogens is 3. The van der Waals surface area contributed by atoms with Gasteiger partial charge in [0.05, 0.1) is 24.2 Å². The zero-order chi connectivity index (χ0) is 20.4. The number of carbonyl (C=O) groups is 1. The highest BCUT2D eigenvalue weighted by Gasteiger charge is 2.18. The lowest BCUT2D eigenvalue weighted by Crippen LogP contribution is -2.27. The van der Waals surface area contributed by atoms with Crippen molar-refractivity contribution in [1.82, 2.24) is 14.8 Å². The molecular weight excluding hydrogens is 386 g/mol. The maximum absolute atomic E-state index is 12.9. The molecule has 0 aliphatic rings. The van der Waals surface area contributed by atoms with E-state index in [0.717, 1.165) is 10.6 Å². The van der Waals surface area contributed by atoms with Crippen LogP contribution < -0.4 is 5.56 Å². The van der Waals surface area contributed by atoms with Gasteiger partial charge in [0, 0.05) is 16.3 Å². The third-order valence-electron chi connectivity index (χ3n) is 4.50. The number of aryl methyl sites for hydroxylation is 1. The van der Waals surface area contributed by atoms with Gasteiger partial charge in [0.25, 0.3) is 5.56 Å². The van der Waals surface area contributed by atoms with E-state index in [-0.39, 0.29) is 24.4 Å². The van der Waals surface area contributed by atoms with Crippen molar-refractivity contribution in [3.63, 3.8) is 0 Å². The van der Waals surface area contributed by atoms with Gasteiger partial charge in [-0.2, -0.15) is 5.10 Å². The van der Waals surface area contributed by atoms with E-state index in [1.807, 2.05) is 36.6 Å². The van der Waals surface area contributed by atoms with Crippen molar-refractivity contribution in [2.75, 3.05) is 6.61 Å². The van der Waals surface area contributed by atoms with Crippen molar-refractivity contribution in [2.45, 2.75) is 20.4 Å². The Morgan fingerprint density at radius 1 is 1.10 bits per heavy atom. The van der Waals surface area contributed by atoms with E-state index in [9.17, 15) is 9.59 Å². The molecule has 4 aromatic rings. The molecule has 146 valence electrons. The molecule has 0 spiro atoms. The molecule has 2 aromatic heterocycles. The zero-order valence-electron chi connectivity index (χ0n) is 16.1. The largest absolute Gasteiger partial charge is 0.461 e. The van der Waals surface area contributed by atoms with Crippen molar-refractivity contribution in [1.29, 1.82) is 0 Å². The van der Waals surface area contributed by atoms with Gasteiger partial charge in [-0.3, -0.25) is 4.79 Å². The fourth-order valence-corrected chi connectivity index (χ4v) is 3.87. The second kappa shape index (κ2) is 7.97. The summed E-state index contributed by atoms with van der Waals surface area (Å²) in [5, 5.41) is 8.00. The number of hydrogen-bond donors (Lipinski definition) is 0. The van der Waals surface area contributed by atoms with Gasteiger partial charge in [-0.25, -0.2) is 14.5 Å². The van der Waals surface area contributed by atoms with E-state index in [0.29, 0.717) is 16.5 Å². The van der Waals surface area contributed by atoms with Crippen molar-refractivity contribution < 1.29 is 9.53 Å². The smallest absolute Gasteiger partial charge is 0.359 e. The summed E-state index contributed by atoms with van der Waals surface area (Å²) in [6.07, 6.45) is 0. The lowest BCUT2D eigenvalue weighted by atomic mass is 10.1. The van der Waals surface area contributed by atoms with Crippen LogP contribution in [0.15, 0.2) is 58.7 Å². The van der Waals surface area contributed by atoms with Crippen LogP contribution >= 0.6 is 11.3 Å². The van der Waals surface area contributed by atoms with Crippen molar-refractivity contribution in [3.05, 3.63) is 81.2 Å². The molecule has 0 saturated heterocycles. The number of esters is 1. The van der Waals surface area contributed by atoms with Crippen LogP contribution in [0.2, 0.25) is 0 Å². The van der Waals surface area contributed by atoms with Gasteiger partial charge in [-0.15, -0.1) is 11.3 Å². The quantitative estimate of drug-likeness (QED) is 0.468. The van der Waals surface area contributed by atoms with E-state index in [1.54, 1.807) is 31.2 Å². The molecule has 0 amide bonds. The summed E-state index contributed by atoms with van der Waals surface area (Å²) in [4.78, 5) is 29.9. The van der Waals surface area contributed by atoms with E-state index in [2.05, 4.69) is 10.1 Å². The molecule has 0 fully saturated rings. The summed E-state index contributed by atoms with van der Waals surface area (Å²) in [6.45, 7) is 4.19. The molecule has 29 heavy (non-hydrogen) atoms. The Morgan fingerprint density at radius 3 is 2.55 bits per heavy atom. The summed E-state index contributed by atoms with van der Waals surface area (Å²) in [5.74, 6) is -0.545. The van der Waals surface area contributed by atoms with Gasteiger partial charge in [-0.05, 0) is 19.9 Å². The number of thiazole rings is 1. The predicted octanol–water partition coefficient (Wildman–Crippen LogP) is 4.05. The minimum Gasteiger partial charge on any atom is -0.461 e. The number of ether oxygens (including phenoxy) is 1. The Balaban J connectivity index is 1.73. The molecule has 6 nitrogen and oxygen atoms in total. The fraction of sp³-hybridized carbons (Fsp3) is 0.182. The number of nitrogens with zero attached hydrogens (tertiary/aromatic N) is 3. The molecule has 4 rings (SSSR count). The highest BCUT2D eigenvalue weighted by molar-refractivity contribution is 7.13. The number of fused-ring (bicyclic) bond motifs is 1. The Morgan fingerprint density at radius 2 is 1.83 bits per heavy atom. The summed E-state index contributed by atoms with van der Waals surface area (Å²) in [5.41, 5.74) is 2.79. The zero-order valence-corrected chi connectivity index (χ0v) is 16.9. The van der Waals surface area contributed by atoms with Gasteiger partial charge in [0.1, 0.15) is 5.01 Å². The molecular formula is C22H19N3O3S. The molecule has 0 atom stereocenters. The normalized spacial score (nSPS) is 11.0. The third-order valence-corrected chi connectivity index (χ3v) is 5.44. The molecule has 0 radical (unpaired) electrons. The summed E-state index contributed by atoms with van der Waals surface area (Å²) >= 11 is 1.51. The second-order valence-electron chi connectivity index (χ2n) is 6.59. The standard InChI is InChI=1S/C22H19N3O3S/c1-3-28-22(27)19-17-6-4-5-7-18(17)21(26)25(24-19)12-16-13-29-20(23-16)15-10-8-14(2)9-11-15/h4-11,13H,3,12H2,1-2H3. The summed E-state index contributed by atoms with van der Waals surface area (Å²) < 4.78 is 6.40. The van der Waals surface area contributed by atoms with Crippen LogP contribution in [-0.2, 0) is 11.3 Å². The van der Waals surface area contributed by atoms with Gasteiger partial charge in [0.15, 0.2) is 5.69 Å². The summed E-state index contributed by atoms with van der Waals surface area (Å²) in [6, 6.07) is 15.1. The van der Waals surface area contributed by atoms with Gasteiger partial charge < -0.3 is 4.74 Å². The van der Waals surface area contributed by atoms with E-state index in [1.165, 1.54) is 21.6 Å². The number of benzene rings is 2. The second-order valence-corrected chi connectivity index (χ2v) is 7.45. The van der Waals surface area contributed by atoms with Crippen LogP contribution in [0.3, 0.4) is 0 Å². The third kappa shape index (κ3) is 3.82. The van der Waals surface area contributed by atoms with Crippen LogP contribution in [0.5, 0.6) is 0 Å². The van der Waals surface area contributed by atoms with Gasteiger partial charge in [-0.1, -0.05) is 48.0 Å². The molecule has 0 saturated carbocycles. The van der Waals surface area contributed by atoms with E-state index in [4.69, 9.17) is 4.74 Å². The average Bonchev–Trinajstić information content (AvgIpc) is 3.19. The first-order chi connectivity index (χ1) is 14.1. The molecule has 0 bridgehead atoms. The number of rotatable bonds is 5. The highest BCUT2D eigenvalue weighted by Crippen LogP contribution is 2.24. The van der Waals surface area contributed by atoms with Crippen molar-refractivity contribution >= 4 is 28.1 Å². The lowest BCUT2D eigenvalue weighted by molar-refractivity contribution is 0.0519. The lowest BCUT2D eigenvalue weighted by Gasteiger charge is -2.09. The Hall–Kier alpha value is -3.32. The molecule has 2 heterocycles. The van der Waals surface area contributed by atoms with Crippen molar-refractivity contribution in [2.24, 2.45) is 0 Å². The molecule has 0 aliphatic carbocycles. The SMILES string of the molecule is CCOC(=O)c1nn(Cc2csc(-c3ccc(C)cc3)n2)c(=O)c2ccccc12. The minimum absolute atomic E-state index is 0.135. The van der Waals surface area contributed by atoms with Crippen molar-refractivity contribution in [3.8, 4) is 10.6 Å². The molecule has 0 N–H and O–H groups in total. The predicted molar refractivity (Wildman–Crippen MR) is 113 cm³/mol. The Labute approximate surface area is 171 Å². The Bertz CT molecular complexity index is 1240. The molecule has 0 unspecified atom stereocenters. The monoisotopic (exact) mass is 405 g/mol. The topological polar surface area (TPSA) is 74.1 Å².